The highest BCUT2D eigenvalue weighted by Crippen LogP contribution is 2.02. The number of benzene rings is 2. The van der Waals surface area contributed by atoms with Crippen molar-refractivity contribution in [1.29, 1.82) is 0 Å². The molecule has 0 radical (unpaired) electrons. The molecule has 112 valence electrons. The molecule has 0 amide bonds. The third-order valence-electron chi connectivity index (χ3n) is 3.41. The minimum absolute atomic E-state index is 0.844. The summed E-state index contributed by atoms with van der Waals surface area (Å²) in [4.78, 5) is 0. The molecule has 0 aliphatic heterocycles. The molecule has 0 heterocycles. The van der Waals surface area contributed by atoms with Crippen LogP contribution in [-0.2, 0) is 17.7 Å². The summed E-state index contributed by atoms with van der Waals surface area (Å²) < 4.78 is 5.67. The molecule has 0 fully saturated rings. The highest BCUT2D eigenvalue weighted by atomic mass is 16.5. The summed E-state index contributed by atoms with van der Waals surface area (Å²) in [5.41, 5.74) is 2.73. The Bertz CT molecular complexity index is 424. The predicted molar refractivity (Wildman–Crippen MR) is 88.3 cm³/mol. The summed E-state index contributed by atoms with van der Waals surface area (Å²) >= 11 is 0. The normalized spacial score (nSPS) is 10.7. The van der Waals surface area contributed by atoms with E-state index in [1.54, 1.807) is 0 Å². The molecule has 21 heavy (non-hydrogen) atoms. The first-order chi connectivity index (χ1) is 10.4. The Balaban J connectivity index is 1.40. The molecule has 2 heteroatoms. The van der Waals surface area contributed by atoms with Gasteiger partial charge in [-0.2, -0.15) is 0 Å². The van der Waals surface area contributed by atoms with Crippen LogP contribution in [0.1, 0.15) is 24.0 Å². The third-order valence-corrected chi connectivity index (χ3v) is 3.41. The van der Waals surface area contributed by atoms with Gasteiger partial charge in [0, 0.05) is 19.8 Å². The highest BCUT2D eigenvalue weighted by Gasteiger charge is 1.94. The van der Waals surface area contributed by atoms with Crippen LogP contribution in [0.2, 0.25) is 0 Å². The Labute approximate surface area is 128 Å². The second kappa shape index (κ2) is 10.1. The molecule has 1 N–H and O–H groups in total. The summed E-state index contributed by atoms with van der Waals surface area (Å²) in [5, 5.41) is 3.44. The van der Waals surface area contributed by atoms with Crippen molar-refractivity contribution in [3.05, 3.63) is 71.8 Å². The Morgan fingerprint density at radius 3 is 2.05 bits per heavy atom. The van der Waals surface area contributed by atoms with E-state index in [-0.39, 0.29) is 0 Å². The fraction of sp³-hybridized carbons (Fsp3) is 0.368. The van der Waals surface area contributed by atoms with Crippen molar-refractivity contribution in [2.24, 2.45) is 0 Å². The maximum absolute atomic E-state index is 5.67. The first-order valence-corrected chi connectivity index (χ1v) is 7.81. The molecule has 0 aliphatic rings. The SMILES string of the molecule is c1ccc(CCCOCCCNCc2ccccc2)cc1. The molecular formula is C19H25NO. The molecule has 2 aromatic rings. The van der Waals surface area contributed by atoms with E-state index in [0.717, 1.165) is 45.6 Å². The number of nitrogens with one attached hydrogen (secondary N) is 1. The molecule has 0 saturated heterocycles. The van der Waals surface area contributed by atoms with E-state index in [0.29, 0.717) is 0 Å². The van der Waals surface area contributed by atoms with Crippen LogP contribution in [-0.4, -0.2) is 19.8 Å². The lowest BCUT2D eigenvalue weighted by atomic mass is 10.1. The van der Waals surface area contributed by atoms with Gasteiger partial charge in [-0.25, -0.2) is 0 Å². The molecule has 0 spiro atoms. The number of rotatable bonds is 10. The van der Waals surface area contributed by atoms with Crippen LogP contribution in [0, 0.1) is 0 Å². The average molecular weight is 283 g/mol. The van der Waals surface area contributed by atoms with Crippen LogP contribution in [0.15, 0.2) is 60.7 Å². The van der Waals surface area contributed by atoms with Crippen molar-refractivity contribution in [1.82, 2.24) is 5.32 Å². The minimum Gasteiger partial charge on any atom is -0.381 e. The maximum atomic E-state index is 5.67. The van der Waals surface area contributed by atoms with Gasteiger partial charge in [-0.05, 0) is 36.9 Å². The molecule has 0 saturated carbocycles. The summed E-state index contributed by atoms with van der Waals surface area (Å²) in [6.45, 7) is 3.65. The molecule has 0 aromatic heterocycles. The van der Waals surface area contributed by atoms with E-state index in [1.165, 1.54) is 11.1 Å². The van der Waals surface area contributed by atoms with Crippen LogP contribution in [0.3, 0.4) is 0 Å². The molecule has 0 unspecified atom stereocenters. The Hall–Kier alpha value is -1.64. The van der Waals surface area contributed by atoms with Gasteiger partial charge in [-0.15, -0.1) is 0 Å². The van der Waals surface area contributed by atoms with Crippen molar-refractivity contribution in [3.63, 3.8) is 0 Å². The van der Waals surface area contributed by atoms with Gasteiger partial charge < -0.3 is 10.1 Å². The van der Waals surface area contributed by atoms with Gasteiger partial charge in [0.05, 0.1) is 0 Å². The predicted octanol–water partition coefficient (Wildman–Crippen LogP) is 3.82. The van der Waals surface area contributed by atoms with Crippen LogP contribution in [0.25, 0.3) is 0 Å². The molecule has 0 bridgehead atoms. The lowest BCUT2D eigenvalue weighted by molar-refractivity contribution is 0.129. The minimum atomic E-state index is 0.844. The van der Waals surface area contributed by atoms with E-state index >= 15 is 0 Å². The fourth-order valence-corrected chi connectivity index (χ4v) is 2.25. The van der Waals surface area contributed by atoms with Crippen molar-refractivity contribution in [2.45, 2.75) is 25.8 Å². The summed E-state index contributed by atoms with van der Waals surface area (Å²) in [6, 6.07) is 21.1. The molecule has 2 rings (SSSR count). The van der Waals surface area contributed by atoms with Crippen LogP contribution >= 0.6 is 0 Å². The van der Waals surface area contributed by atoms with Crippen molar-refractivity contribution >= 4 is 0 Å². The zero-order valence-electron chi connectivity index (χ0n) is 12.6. The largest absolute Gasteiger partial charge is 0.381 e. The lowest BCUT2D eigenvalue weighted by Crippen LogP contribution is -2.16. The van der Waals surface area contributed by atoms with Gasteiger partial charge in [0.15, 0.2) is 0 Å². The second-order valence-corrected chi connectivity index (χ2v) is 5.22. The van der Waals surface area contributed by atoms with E-state index < -0.39 is 0 Å². The van der Waals surface area contributed by atoms with Gasteiger partial charge in [0.1, 0.15) is 0 Å². The van der Waals surface area contributed by atoms with Crippen LogP contribution in [0.5, 0.6) is 0 Å². The molecule has 0 aliphatic carbocycles. The summed E-state index contributed by atoms with van der Waals surface area (Å²) in [7, 11) is 0. The van der Waals surface area contributed by atoms with E-state index in [9.17, 15) is 0 Å². The molecular weight excluding hydrogens is 258 g/mol. The summed E-state index contributed by atoms with van der Waals surface area (Å²) in [5.74, 6) is 0. The number of hydrogen-bond donors (Lipinski definition) is 1. The maximum Gasteiger partial charge on any atom is 0.0478 e. The van der Waals surface area contributed by atoms with Crippen molar-refractivity contribution in [2.75, 3.05) is 19.8 Å². The molecule has 0 atom stereocenters. The smallest absolute Gasteiger partial charge is 0.0478 e. The standard InChI is InChI=1S/C19H25NO/c1-3-9-18(10-4-1)13-7-15-21-16-8-14-20-17-19-11-5-2-6-12-19/h1-6,9-12,20H,7-8,13-17H2. The Morgan fingerprint density at radius 1 is 0.714 bits per heavy atom. The second-order valence-electron chi connectivity index (χ2n) is 5.22. The van der Waals surface area contributed by atoms with Crippen molar-refractivity contribution in [3.8, 4) is 0 Å². The lowest BCUT2D eigenvalue weighted by Gasteiger charge is -2.06. The Morgan fingerprint density at radius 2 is 1.33 bits per heavy atom. The first kappa shape index (κ1) is 15.7. The van der Waals surface area contributed by atoms with Crippen LogP contribution < -0.4 is 5.32 Å². The van der Waals surface area contributed by atoms with E-state index in [4.69, 9.17) is 4.74 Å². The monoisotopic (exact) mass is 283 g/mol. The van der Waals surface area contributed by atoms with E-state index in [1.807, 2.05) is 6.07 Å². The van der Waals surface area contributed by atoms with Crippen molar-refractivity contribution < 1.29 is 4.74 Å². The van der Waals surface area contributed by atoms with Gasteiger partial charge in [0.2, 0.25) is 0 Å². The van der Waals surface area contributed by atoms with E-state index in [2.05, 4.69) is 59.9 Å². The van der Waals surface area contributed by atoms with Gasteiger partial charge in [-0.3, -0.25) is 0 Å². The number of ether oxygens (including phenoxy) is 1. The first-order valence-electron chi connectivity index (χ1n) is 7.81. The molecule has 2 aromatic carbocycles. The van der Waals surface area contributed by atoms with Gasteiger partial charge >= 0.3 is 0 Å². The average Bonchev–Trinajstić information content (AvgIpc) is 2.55. The van der Waals surface area contributed by atoms with Gasteiger partial charge in [0.25, 0.3) is 0 Å². The number of hydrogen-bond acceptors (Lipinski definition) is 2. The topological polar surface area (TPSA) is 21.3 Å². The quantitative estimate of drug-likeness (QED) is 0.669. The van der Waals surface area contributed by atoms with Gasteiger partial charge in [-0.1, -0.05) is 60.7 Å². The number of aryl methyl sites for hydroxylation is 1. The highest BCUT2D eigenvalue weighted by molar-refractivity contribution is 5.15. The fourth-order valence-electron chi connectivity index (χ4n) is 2.25. The third kappa shape index (κ3) is 7.07. The molecule has 2 nitrogen and oxygen atoms in total. The van der Waals surface area contributed by atoms with Crippen LogP contribution in [0.4, 0.5) is 0 Å². The Kier molecular flexibility index (Phi) is 7.60. The zero-order valence-corrected chi connectivity index (χ0v) is 12.6. The zero-order chi connectivity index (χ0) is 14.6. The summed E-state index contributed by atoms with van der Waals surface area (Å²) in [6.07, 6.45) is 3.27.